The minimum absolute atomic E-state index is 0.176. The van der Waals surface area contributed by atoms with Crippen molar-refractivity contribution >= 4 is 23.3 Å². The average molecular weight is 431 g/mol. The van der Waals surface area contributed by atoms with Gasteiger partial charge in [0.25, 0.3) is 11.6 Å². The minimum Gasteiger partial charge on any atom is -0.497 e. The number of nitrogens with one attached hydrogen (secondary N) is 2. The molecule has 3 aromatic carbocycles. The molecule has 3 N–H and O–H groups in total. The van der Waals surface area contributed by atoms with Crippen LogP contribution < -0.4 is 20.3 Å². The molecule has 32 heavy (non-hydrogen) atoms. The molecule has 0 unspecified atom stereocenters. The average Bonchev–Trinajstić information content (AvgIpc) is 2.80. The van der Waals surface area contributed by atoms with Crippen LogP contribution in [0.2, 0.25) is 0 Å². The maximum Gasteiger partial charge on any atom is 0.329 e. The highest BCUT2D eigenvalue weighted by atomic mass is 16.5. The zero-order valence-corrected chi connectivity index (χ0v) is 18.2. The van der Waals surface area contributed by atoms with E-state index < -0.39 is 17.7 Å². The molecule has 164 valence electrons. The number of carbonyl (C=O) groups is 2. The van der Waals surface area contributed by atoms with Gasteiger partial charge in [-0.1, -0.05) is 36.4 Å². The Labute approximate surface area is 186 Å². The fourth-order valence-electron chi connectivity index (χ4n) is 3.78. The number of amides is 3. The minimum atomic E-state index is -2.23. The molecule has 7 nitrogen and oxygen atoms in total. The number of fused-ring (bicyclic) bond motifs is 1. The van der Waals surface area contributed by atoms with Gasteiger partial charge in [-0.05, 0) is 60.9 Å². The number of urea groups is 1. The van der Waals surface area contributed by atoms with Crippen LogP contribution in [0.3, 0.4) is 0 Å². The lowest BCUT2D eigenvalue weighted by Crippen LogP contribution is -2.62. The van der Waals surface area contributed by atoms with Crippen molar-refractivity contribution in [1.82, 2.24) is 5.32 Å². The summed E-state index contributed by atoms with van der Waals surface area (Å²) in [5, 5.41) is 17.4. The Balaban J connectivity index is 1.73. The Morgan fingerprint density at radius 2 is 1.78 bits per heavy atom. The Morgan fingerprint density at radius 1 is 1.06 bits per heavy atom. The van der Waals surface area contributed by atoms with Crippen molar-refractivity contribution in [3.05, 3.63) is 89.0 Å². The molecule has 1 heterocycles. The molecule has 4 rings (SSSR count). The van der Waals surface area contributed by atoms with Gasteiger partial charge < -0.3 is 20.5 Å². The van der Waals surface area contributed by atoms with E-state index in [2.05, 4.69) is 10.6 Å². The number of aryl methyl sites for hydroxylation is 2. The van der Waals surface area contributed by atoms with Gasteiger partial charge in [-0.3, -0.25) is 9.69 Å². The van der Waals surface area contributed by atoms with Crippen LogP contribution >= 0.6 is 0 Å². The SMILES string of the molecule is COc1ccc(CNC(=O)[C@@]2(O)c3ccccc3NC(=O)N2c2ccc(C)c(C)c2)cc1. The summed E-state index contributed by atoms with van der Waals surface area (Å²) in [6, 6.07) is 18.8. The third-order valence-electron chi connectivity index (χ3n) is 5.75. The number of carbonyl (C=O) groups excluding carboxylic acids is 2. The number of anilines is 2. The smallest absolute Gasteiger partial charge is 0.329 e. The van der Waals surface area contributed by atoms with E-state index in [1.807, 2.05) is 32.0 Å². The molecule has 1 atom stereocenters. The topological polar surface area (TPSA) is 90.9 Å². The number of rotatable bonds is 5. The molecular weight excluding hydrogens is 406 g/mol. The van der Waals surface area contributed by atoms with Gasteiger partial charge in [-0.25, -0.2) is 4.79 Å². The molecule has 0 radical (unpaired) electrons. The fraction of sp³-hybridized carbons (Fsp3) is 0.200. The van der Waals surface area contributed by atoms with Crippen LogP contribution in [0.1, 0.15) is 22.3 Å². The van der Waals surface area contributed by atoms with Crippen molar-refractivity contribution in [1.29, 1.82) is 0 Å². The monoisotopic (exact) mass is 431 g/mol. The summed E-state index contributed by atoms with van der Waals surface area (Å²) in [6.45, 7) is 4.05. The summed E-state index contributed by atoms with van der Waals surface area (Å²) >= 11 is 0. The summed E-state index contributed by atoms with van der Waals surface area (Å²) in [5.74, 6) is 0.00588. The van der Waals surface area contributed by atoms with Crippen LogP contribution in [0.5, 0.6) is 5.75 Å². The predicted octanol–water partition coefficient (Wildman–Crippen LogP) is 3.83. The molecule has 0 aliphatic carbocycles. The van der Waals surface area contributed by atoms with Crippen LogP contribution in [0.25, 0.3) is 0 Å². The van der Waals surface area contributed by atoms with Crippen LogP contribution in [0.4, 0.5) is 16.2 Å². The van der Waals surface area contributed by atoms with E-state index in [1.54, 1.807) is 55.6 Å². The zero-order chi connectivity index (χ0) is 22.9. The summed E-state index contributed by atoms with van der Waals surface area (Å²) in [7, 11) is 1.58. The number of nitrogens with zero attached hydrogens (tertiary/aromatic N) is 1. The quantitative estimate of drug-likeness (QED) is 0.573. The maximum atomic E-state index is 13.5. The van der Waals surface area contributed by atoms with Gasteiger partial charge >= 0.3 is 6.03 Å². The van der Waals surface area contributed by atoms with E-state index in [4.69, 9.17) is 4.74 Å². The first-order valence-electron chi connectivity index (χ1n) is 10.3. The Kier molecular flexibility index (Phi) is 5.59. The van der Waals surface area contributed by atoms with Crippen LogP contribution in [-0.4, -0.2) is 24.2 Å². The molecule has 0 fully saturated rings. The Hall–Kier alpha value is -3.84. The lowest BCUT2D eigenvalue weighted by atomic mass is 9.94. The van der Waals surface area contributed by atoms with E-state index in [1.165, 1.54) is 0 Å². The van der Waals surface area contributed by atoms with Gasteiger partial charge in [-0.2, -0.15) is 0 Å². The molecule has 3 aromatic rings. The molecule has 7 heteroatoms. The van der Waals surface area contributed by atoms with Gasteiger partial charge in [0.15, 0.2) is 0 Å². The van der Waals surface area contributed by atoms with Crippen LogP contribution in [-0.2, 0) is 17.1 Å². The van der Waals surface area contributed by atoms with Crippen molar-refractivity contribution in [2.75, 3.05) is 17.3 Å². The van der Waals surface area contributed by atoms with Crippen LogP contribution in [0.15, 0.2) is 66.7 Å². The molecule has 0 aromatic heterocycles. The first kappa shape index (κ1) is 21.4. The van der Waals surface area contributed by atoms with E-state index in [9.17, 15) is 14.7 Å². The number of aliphatic hydroxyl groups is 1. The molecular formula is C25H25N3O4. The third-order valence-corrected chi connectivity index (χ3v) is 5.75. The van der Waals surface area contributed by atoms with Gasteiger partial charge in [-0.15, -0.1) is 0 Å². The maximum absolute atomic E-state index is 13.5. The second-order valence-corrected chi connectivity index (χ2v) is 7.78. The highest BCUT2D eigenvalue weighted by Crippen LogP contribution is 2.40. The third kappa shape index (κ3) is 3.67. The molecule has 0 bridgehead atoms. The van der Waals surface area contributed by atoms with Crippen molar-refractivity contribution in [2.45, 2.75) is 26.1 Å². The van der Waals surface area contributed by atoms with E-state index in [0.29, 0.717) is 22.7 Å². The number of para-hydroxylation sites is 1. The first-order chi connectivity index (χ1) is 15.3. The molecule has 0 saturated carbocycles. The van der Waals surface area contributed by atoms with Crippen molar-refractivity contribution in [2.24, 2.45) is 0 Å². The highest BCUT2D eigenvalue weighted by molar-refractivity contribution is 6.11. The summed E-state index contributed by atoms with van der Waals surface area (Å²) in [6.07, 6.45) is 0. The summed E-state index contributed by atoms with van der Waals surface area (Å²) < 4.78 is 5.16. The van der Waals surface area contributed by atoms with Gasteiger partial charge in [0, 0.05) is 17.8 Å². The lowest BCUT2D eigenvalue weighted by molar-refractivity contribution is -0.140. The predicted molar refractivity (Wildman–Crippen MR) is 123 cm³/mol. The van der Waals surface area contributed by atoms with E-state index >= 15 is 0 Å². The number of ether oxygens (including phenoxy) is 1. The molecule has 0 saturated heterocycles. The second kappa shape index (κ2) is 8.36. The molecule has 0 spiro atoms. The van der Waals surface area contributed by atoms with Crippen molar-refractivity contribution < 1.29 is 19.4 Å². The van der Waals surface area contributed by atoms with Gasteiger partial charge in [0.2, 0.25) is 0 Å². The first-order valence-corrected chi connectivity index (χ1v) is 10.3. The summed E-state index contributed by atoms with van der Waals surface area (Å²) in [4.78, 5) is 27.6. The largest absolute Gasteiger partial charge is 0.497 e. The molecule has 3 amide bonds. The Bertz CT molecular complexity index is 1180. The molecule has 1 aliphatic rings. The lowest BCUT2D eigenvalue weighted by Gasteiger charge is -2.42. The number of benzene rings is 3. The van der Waals surface area contributed by atoms with Crippen molar-refractivity contribution in [3.8, 4) is 5.75 Å². The number of methoxy groups -OCH3 is 1. The normalized spacial score (nSPS) is 17.4. The standard InChI is InChI=1S/C25H25N3O4/c1-16-8-11-19(14-17(16)2)28-24(30)27-22-7-5-4-6-21(22)25(28,31)23(29)26-15-18-9-12-20(32-3)13-10-18/h4-14,31H,15H2,1-3H3,(H,26,29)(H,27,30)/t25-/m0/s1. The highest BCUT2D eigenvalue weighted by Gasteiger charge is 2.51. The van der Waals surface area contributed by atoms with Gasteiger partial charge in [0.1, 0.15) is 5.75 Å². The Morgan fingerprint density at radius 3 is 2.47 bits per heavy atom. The zero-order valence-electron chi connectivity index (χ0n) is 18.2. The number of hydrogen-bond acceptors (Lipinski definition) is 4. The van der Waals surface area contributed by atoms with Crippen molar-refractivity contribution in [3.63, 3.8) is 0 Å². The fourth-order valence-corrected chi connectivity index (χ4v) is 3.78. The van der Waals surface area contributed by atoms with Gasteiger partial charge in [0.05, 0.1) is 12.8 Å². The molecule has 1 aliphatic heterocycles. The summed E-state index contributed by atoms with van der Waals surface area (Å²) in [5.41, 5.74) is 1.68. The van der Waals surface area contributed by atoms with Crippen LogP contribution in [0, 0.1) is 13.8 Å². The van der Waals surface area contributed by atoms with E-state index in [0.717, 1.165) is 21.6 Å². The number of hydrogen-bond donors (Lipinski definition) is 3. The van der Waals surface area contributed by atoms with E-state index in [-0.39, 0.29) is 6.54 Å². The second-order valence-electron chi connectivity index (χ2n) is 7.78.